The molecule has 0 saturated carbocycles. The van der Waals surface area contributed by atoms with Crippen LogP contribution in [0.5, 0.6) is 0 Å². The number of fused-ring (bicyclic) bond motifs is 1. The van der Waals surface area contributed by atoms with Crippen molar-refractivity contribution in [2.24, 2.45) is 0 Å². The summed E-state index contributed by atoms with van der Waals surface area (Å²) in [4.78, 5) is 37.8. The number of ether oxygens (including phenoxy) is 1. The first-order valence-electron chi connectivity index (χ1n) is 19.9. The van der Waals surface area contributed by atoms with E-state index in [1.165, 1.54) is 0 Å². The molecule has 0 aromatic heterocycles. The third kappa shape index (κ3) is 4.62. The summed E-state index contributed by atoms with van der Waals surface area (Å²) in [6.45, 7) is -26.0. The first kappa shape index (κ1) is 8.21. The number of anilines is 1. The molecule has 0 bridgehead atoms. The van der Waals surface area contributed by atoms with Gasteiger partial charge in [-0.05, 0) is 29.6 Å². The number of amides is 3. The first-order valence-corrected chi connectivity index (χ1v) is 9.45. The summed E-state index contributed by atoms with van der Waals surface area (Å²) in [5.41, 5.74) is -5.57. The van der Waals surface area contributed by atoms with E-state index < -0.39 is 145 Å². The number of hydrogen-bond acceptors (Lipinski definition) is 6. The first-order chi connectivity index (χ1) is 24.2. The van der Waals surface area contributed by atoms with Crippen molar-refractivity contribution in [1.82, 2.24) is 15.1 Å². The van der Waals surface area contributed by atoms with Crippen LogP contribution in [0.1, 0.15) is 68.7 Å². The van der Waals surface area contributed by atoms with Crippen molar-refractivity contribution >= 4 is 23.4 Å². The van der Waals surface area contributed by atoms with Gasteiger partial charge in [0.1, 0.15) is 6.04 Å². The number of rotatable bonds is 6. The van der Waals surface area contributed by atoms with Crippen molar-refractivity contribution in [2.75, 3.05) is 31.4 Å². The van der Waals surface area contributed by atoms with Gasteiger partial charge in [0.05, 0.1) is 33.7 Å². The maximum absolute atomic E-state index is 13.6. The Kier molecular flexibility index (Phi) is 2.32. The fourth-order valence-electron chi connectivity index (χ4n) is 3.13. The number of benzene rings is 2. The molecule has 8 nitrogen and oxygen atoms in total. The summed E-state index contributed by atoms with van der Waals surface area (Å²) < 4.78 is 181. The van der Waals surface area contributed by atoms with Crippen molar-refractivity contribution in [3.05, 3.63) is 64.6 Å². The predicted octanol–water partition coefficient (Wildman–Crippen LogP) is 1.89. The van der Waals surface area contributed by atoms with Crippen LogP contribution < -0.4 is 10.6 Å². The van der Waals surface area contributed by atoms with Gasteiger partial charge in [-0.15, -0.1) is 0 Å². The number of imide groups is 1. The van der Waals surface area contributed by atoms with Crippen LogP contribution in [-0.4, -0.2) is 59.7 Å². The lowest BCUT2D eigenvalue weighted by molar-refractivity contribution is -0.136. The molecule has 0 radical (unpaired) electrons. The lowest BCUT2D eigenvalue weighted by Crippen LogP contribution is -2.52. The third-order valence-corrected chi connectivity index (χ3v) is 4.64. The second-order valence-electron chi connectivity index (χ2n) is 6.73. The van der Waals surface area contributed by atoms with Crippen LogP contribution >= 0.6 is 0 Å². The highest BCUT2D eigenvalue weighted by molar-refractivity contribution is 6.06. The molecule has 2 aromatic carbocycles. The normalized spacial score (nSPS) is 38.9. The summed E-state index contributed by atoms with van der Waals surface area (Å²) >= 11 is 0. The van der Waals surface area contributed by atoms with Crippen LogP contribution in [0.3, 0.4) is 0 Å². The molecule has 5 rings (SSSR count). The van der Waals surface area contributed by atoms with Crippen LogP contribution in [0.25, 0.3) is 0 Å². The van der Waals surface area contributed by atoms with Gasteiger partial charge in [-0.1, -0.05) is 30.2 Å². The Bertz CT molecular complexity index is 1970. The fraction of sp³-hybridized carbons (Fsp3) is 0.400. The molecule has 8 heteroatoms. The molecule has 3 amide bonds. The summed E-state index contributed by atoms with van der Waals surface area (Å²) in [6, 6.07) is -10.6. The van der Waals surface area contributed by atoms with E-state index in [1.807, 2.05) is 10.6 Å². The van der Waals surface area contributed by atoms with E-state index in [0.29, 0.717) is 4.90 Å². The minimum absolute atomic E-state index is 0.320. The van der Waals surface area contributed by atoms with Gasteiger partial charge in [-0.25, -0.2) is 0 Å². The monoisotopic (exact) mass is 469 g/mol. The number of carbonyl (C=O) groups excluding carboxylic acids is 3. The Balaban J connectivity index is 1.68. The van der Waals surface area contributed by atoms with Gasteiger partial charge < -0.3 is 15.0 Å². The molecule has 172 valence electrons. The predicted molar refractivity (Wildman–Crippen MR) is 122 cm³/mol. The lowest BCUT2D eigenvalue weighted by Gasteiger charge is -2.29. The van der Waals surface area contributed by atoms with E-state index in [2.05, 4.69) is 4.74 Å². The van der Waals surface area contributed by atoms with Crippen LogP contribution in [0, 0.1) is 0 Å². The second kappa shape index (κ2) is 9.33. The molecule has 1 atom stereocenters. The second-order valence-corrected chi connectivity index (χ2v) is 6.73. The molecule has 0 spiro atoms. The Morgan fingerprint density at radius 1 is 1.12 bits per heavy atom. The maximum atomic E-state index is 13.6. The summed E-state index contributed by atoms with van der Waals surface area (Å²) in [5, 5.41) is 3.97. The molecule has 0 aliphatic carbocycles. The Hall–Kier alpha value is -3.23. The molecule has 2 aromatic rings. The van der Waals surface area contributed by atoms with Gasteiger partial charge in [0.25, 0.3) is 5.91 Å². The van der Waals surface area contributed by atoms with E-state index in [1.54, 1.807) is 0 Å². The van der Waals surface area contributed by atoms with Gasteiger partial charge in [0.15, 0.2) is 0 Å². The van der Waals surface area contributed by atoms with E-state index >= 15 is 0 Å². The number of morpholine rings is 1. The molecule has 2 fully saturated rings. The third-order valence-electron chi connectivity index (χ3n) is 4.64. The van der Waals surface area contributed by atoms with Crippen LogP contribution in [0.15, 0.2) is 42.3 Å². The van der Waals surface area contributed by atoms with E-state index in [-0.39, 0.29) is 12.8 Å². The molecular formula is C25H28N4O4. The summed E-state index contributed by atoms with van der Waals surface area (Å²) in [6.07, 6.45) is -0.687. The fourth-order valence-corrected chi connectivity index (χ4v) is 3.13. The van der Waals surface area contributed by atoms with Gasteiger partial charge in [0.2, 0.25) is 11.8 Å². The smallest absolute Gasteiger partial charge is 0.255 e. The number of carbonyl (C=O) groups is 3. The van der Waals surface area contributed by atoms with Crippen molar-refractivity contribution in [1.29, 1.82) is 0 Å². The highest BCUT2D eigenvalue weighted by atomic mass is 16.5. The minimum Gasteiger partial charge on any atom is -0.381 e. The average Bonchev–Trinajstić information content (AvgIpc) is 3.20. The molecule has 2 saturated heterocycles. The highest BCUT2D eigenvalue weighted by Crippen LogP contribution is 2.32. The summed E-state index contributed by atoms with van der Waals surface area (Å²) in [5.74, 6) is -3.14. The zero-order valence-electron chi connectivity index (χ0n) is 37.5. The largest absolute Gasteiger partial charge is 0.381 e. The van der Waals surface area contributed by atoms with Gasteiger partial charge >= 0.3 is 0 Å². The number of piperidine rings is 1. The maximum Gasteiger partial charge on any atom is 0.255 e. The number of hydrogen-bond donors (Lipinski definition) is 2. The van der Waals surface area contributed by atoms with Crippen molar-refractivity contribution in [3.63, 3.8) is 0 Å². The van der Waals surface area contributed by atoms with Crippen molar-refractivity contribution in [2.45, 2.75) is 38.4 Å². The molecule has 2 N–H and O–H groups in total. The van der Waals surface area contributed by atoms with E-state index in [0.717, 1.165) is 0 Å². The number of nitrogens with one attached hydrogen (secondary N) is 2. The molecule has 3 heterocycles. The zero-order chi connectivity index (χ0) is 41.4. The van der Waals surface area contributed by atoms with Crippen LogP contribution in [-0.2, 0) is 33.8 Å². The van der Waals surface area contributed by atoms with Gasteiger partial charge in [-0.2, -0.15) is 0 Å². The summed E-state index contributed by atoms with van der Waals surface area (Å²) in [7, 11) is 0. The Labute approximate surface area is 222 Å². The SMILES string of the molecule is [2H]c1c([2H])c(NC([2H])([2H])c2c([2H])c([2H])c(C([2H])([2H])N3C([2H])([2H])C([2H])([2H])OC([2H])([2H])C3([2H])[2H])c([2H])c2[2H])c2c(c1[2H])C(=O)N(C1CCC(=O)NC1=O)C2([2H])[2H]. The molecule has 3 aliphatic heterocycles. The zero-order valence-corrected chi connectivity index (χ0v) is 16.5. The molecule has 1 unspecified atom stereocenters. The lowest BCUT2D eigenvalue weighted by atomic mass is 10.0. The quantitative estimate of drug-likeness (QED) is 0.628. The van der Waals surface area contributed by atoms with Crippen molar-refractivity contribution < 1.29 is 47.9 Å². The van der Waals surface area contributed by atoms with Gasteiger partial charge in [-0.3, -0.25) is 24.6 Å². The molecule has 33 heavy (non-hydrogen) atoms. The number of nitrogens with zero attached hydrogens (tertiary/aromatic N) is 2. The molecule has 3 aliphatic rings. The van der Waals surface area contributed by atoms with E-state index in [4.69, 9.17) is 28.8 Å². The van der Waals surface area contributed by atoms with Crippen molar-refractivity contribution in [3.8, 4) is 0 Å². The van der Waals surface area contributed by atoms with Crippen LogP contribution in [0.2, 0.25) is 0 Å². The topological polar surface area (TPSA) is 91.0 Å². The van der Waals surface area contributed by atoms with E-state index in [9.17, 15) is 14.4 Å². The minimum atomic E-state index is -3.95. The Morgan fingerprint density at radius 3 is 2.64 bits per heavy atom. The average molecular weight is 470 g/mol. The van der Waals surface area contributed by atoms with Crippen LogP contribution in [0.4, 0.5) is 5.69 Å². The standard InChI is InChI=1S/C25H28N4O4/c30-23-9-8-22(24(31)27-23)29-16-20-19(25(29)32)2-1-3-21(20)26-14-17-4-6-18(7-5-17)15-28-10-12-33-13-11-28/h1-7,22,26H,8-16H2,(H,27,30,31)/i1D,2D,3D,4D,5D,6D,7D,10D2,11D2,12D2,13D2,14D2,15D2,16D2. The van der Waals surface area contributed by atoms with Gasteiger partial charge in [0, 0.05) is 63.9 Å². The highest BCUT2D eigenvalue weighted by Gasteiger charge is 2.39. The Morgan fingerprint density at radius 2 is 1.88 bits per heavy atom. The molecular weight excluding hydrogens is 420 g/mol.